The molecule has 0 spiro atoms. The van der Waals surface area contributed by atoms with Crippen molar-refractivity contribution < 1.29 is 0 Å². The molecule has 0 rings (SSSR count). The SMILES string of the molecule is [Al][CH2]C(Br)Br. The number of rotatable bonds is 1. The Morgan fingerprint density at radius 2 is 1.80 bits per heavy atom. The van der Waals surface area contributed by atoms with Crippen LogP contribution in [0.1, 0.15) is 0 Å². The molecule has 0 aliphatic carbocycles. The standard InChI is InChI=1S/C2H3Br2.Al/c1-2(3)4;/h2H,1H2;. The van der Waals surface area contributed by atoms with E-state index in [2.05, 4.69) is 48.2 Å². The van der Waals surface area contributed by atoms with Gasteiger partial charge in [-0.2, -0.15) is 0 Å². The van der Waals surface area contributed by atoms with Gasteiger partial charge in [0.1, 0.15) is 16.3 Å². The van der Waals surface area contributed by atoms with Crippen LogP contribution in [0.4, 0.5) is 0 Å². The van der Waals surface area contributed by atoms with E-state index in [1.165, 1.54) is 0 Å². The first-order valence-corrected chi connectivity index (χ1v) is 3.90. The summed E-state index contributed by atoms with van der Waals surface area (Å²) in [5.74, 6) is 0. The van der Waals surface area contributed by atoms with Crippen LogP contribution in [0.5, 0.6) is 0 Å². The minimum Gasteiger partial charge on any atom is -0.0963 e. The second kappa shape index (κ2) is 3.67. The molecule has 28 valence electrons. The van der Waals surface area contributed by atoms with Gasteiger partial charge in [-0.1, -0.05) is 37.1 Å². The van der Waals surface area contributed by atoms with Gasteiger partial charge < -0.3 is 0 Å². The largest absolute Gasteiger partial charge is 0.121 e. The molecular formula is C2H3AlBr2. The average molecular weight is 214 g/mol. The molecule has 0 N–H and O–H groups in total. The molecule has 0 saturated carbocycles. The molecule has 3 heteroatoms. The smallest absolute Gasteiger partial charge is 0.0963 e. The second-order valence-electron chi connectivity index (χ2n) is 0.627. The summed E-state index contributed by atoms with van der Waals surface area (Å²) in [6.07, 6.45) is 0. The number of hydrogen-bond acceptors (Lipinski definition) is 0. The minimum absolute atomic E-state index is 0.472. The summed E-state index contributed by atoms with van der Waals surface area (Å²) in [5, 5.41) is 1.06. The predicted molar refractivity (Wildman–Crippen MR) is 32.2 cm³/mol. The van der Waals surface area contributed by atoms with Crippen LogP contribution in [0.2, 0.25) is 5.28 Å². The van der Waals surface area contributed by atoms with Gasteiger partial charge >= 0.3 is 0 Å². The van der Waals surface area contributed by atoms with Gasteiger partial charge in [0, 0.05) is 0 Å². The fourth-order valence-corrected chi connectivity index (χ4v) is 0. The molecular weight excluding hydrogens is 211 g/mol. The van der Waals surface area contributed by atoms with Gasteiger partial charge in [0.25, 0.3) is 0 Å². The van der Waals surface area contributed by atoms with E-state index in [0.717, 1.165) is 5.28 Å². The Kier molecular flexibility index (Phi) is 4.77. The first-order chi connectivity index (χ1) is 2.27. The van der Waals surface area contributed by atoms with Crippen molar-refractivity contribution in [3.05, 3.63) is 0 Å². The molecule has 2 radical (unpaired) electrons. The van der Waals surface area contributed by atoms with Crippen LogP contribution in [0.3, 0.4) is 0 Å². The maximum atomic E-state index is 3.27. The molecule has 0 aromatic rings. The van der Waals surface area contributed by atoms with Crippen molar-refractivity contribution in [1.82, 2.24) is 0 Å². The Balaban J connectivity index is 2.54. The highest BCUT2D eigenvalue weighted by atomic mass is 79.9. The van der Waals surface area contributed by atoms with Gasteiger partial charge in [-0.3, -0.25) is 0 Å². The van der Waals surface area contributed by atoms with Crippen LogP contribution in [0, 0.1) is 0 Å². The topological polar surface area (TPSA) is 0 Å². The third-order valence-corrected chi connectivity index (χ3v) is 2.78. The second-order valence-corrected chi connectivity index (χ2v) is 4.54. The van der Waals surface area contributed by atoms with Crippen molar-refractivity contribution >= 4 is 48.2 Å². The Bertz CT molecular complexity index is 21.6. The van der Waals surface area contributed by atoms with Crippen LogP contribution in [0.25, 0.3) is 0 Å². The number of hydrogen-bond donors (Lipinski definition) is 0. The van der Waals surface area contributed by atoms with Gasteiger partial charge in [0.05, 0.1) is 3.74 Å². The van der Waals surface area contributed by atoms with Crippen molar-refractivity contribution in [1.29, 1.82) is 0 Å². The number of alkyl halides is 2. The monoisotopic (exact) mass is 212 g/mol. The van der Waals surface area contributed by atoms with Crippen molar-refractivity contribution in [2.24, 2.45) is 0 Å². The van der Waals surface area contributed by atoms with Crippen LogP contribution >= 0.6 is 31.9 Å². The Labute approximate surface area is 57.0 Å². The number of halogens is 2. The summed E-state index contributed by atoms with van der Waals surface area (Å²) in [4.78, 5) is 0. The fraction of sp³-hybridized carbons (Fsp3) is 1.00. The van der Waals surface area contributed by atoms with E-state index < -0.39 is 0 Å². The molecule has 0 saturated heterocycles. The van der Waals surface area contributed by atoms with E-state index in [0.29, 0.717) is 3.74 Å². The molecule has 0 aromatic heterocycles. The van der Waals surface area contributed by atoms with Crippen LogP contribution in [-0.2, 0) is 0 Å². The van der Waals surface area contributed by atoms with Crippen molar-refractivity contribution in [3.8, 4) is 0 Å². The Morgan fingerprint density at radius 3 is 1.80 bits per heavy atom. The van der Waals surface area contributed by atoms with Gasteiger partial charge in [-0.25, -0.2) is 0 Å². The fourth-order valence-electron chi connectivity index (χ4n) is 0. The lowest BCUT2D eigenvalue weighted by atomic mass is 11.0. The summed E-state index contributed by atoms with van der Waals surface area (Å²) >= 11 is 9.14. The summed E-state index contributed by atoms with van der Waals surface area (Å²) in [6, 6.07) is 0. The maximum Gasteiger partial charge on any atom is 0.121 e. The predicted octanol–water partition coefficient (Wildman–Crippen LogP) is 1.69. The van der Waals surface area contributed by atoms with Crippen LogP contribution < -0.4 is 0 Å². The van der Waals surface area contributed by atoms with Gasteiger partial charge in [0.15, 0.2) is 0 Å². The minimum atomic E-state index is 0.472. The molecule has 0 nitrogen and oxygen atoms in total. The molecule has 0 aromatic carbocycles. The van der Waals surface area contributed by atoms with Crippen molar-refractivity contribution in [2.45, 2.75) is 9.02 Å². The van der Waals surface area contributed by atoms with Crippen LogP contribution in [-0.4, -0.2) is 20.0 Å². The zero-order chi connectivity index (χ0) is 4.28. The molecule has 0 atom stereocenters. The molecule has 0 aliphatic heterocycles. The molecule has 0 fully saturated rings. The molecule has 0 unspecified atom stereocenters. The lowest BCUT2D eigenvalue weighted by molar-refractivity contribution is 1.46. The summed E-state index contributed by atoms with van der Waals surface area (Å²) in [7, 11) is 0. The quantitative estimate of drug-likeness (QED) is 0.460. The van der Waals surface area contributed by atoms with E-state index in [-0.39, 0.29) is 0 Å². The van der Waals surface area contributed by atoms with Gasteiger partial charge in [-0.05, 0) is 0 Å². The highest BCUT2D eigenvalue weighted by Crippen LogP contribution is 2.09. The van der Waals surface area contributed by atoms with E-state index >= 15 is 0 Å². The Morgan fingerprint density at radius 1 is 1.60 bits per heavy atom. The maximum absolute atomic E-state index is 3.27. The van der Waals surface area contributed by atoms with Gasteiger partial charge in [-0.15, -0.1) is 0 Å². The molecule has 0 amide bonds. The third kappa shape index (κ3) is 5.49. The first-order valence-electron chi connectivity index (χ1n) is 1.25. The highest BCUT2D eigenvalue weighted by Gasteiger charge is 1.84. The summed E-state index contributed by atoms with van der Waals surface area (Å²) in [6.45, 7) is 0. The first kappa shape index (κ1) is 6.49. The lowest BCUT2D eigenvalue weighted by Gasteiger charge is -1.86. The molecule has 0 heterocycles. The van der Waals surface area contributed by atoms with Crippen molar-refractivity contribution in [3.63, 3.8) is 0 Å². The van der Waals surface area contributed by atoms with E-state index in [4.69, 9.17) is 0 Å². The zero-order valence-electron chi connectivity index (χ0n) is 2.62. The normalized spacial score (nSPS) is 9.40. The van der Waals surface area contributed by atoms with Crippen molar-refractivity contribution in [2.75, 3.05) is 0 Å². The zero-order valence-corrected chi connectivity index (χ0v) is 6.94. The Hall–Kier alpha value is 1.49. The molecule has 0 aliphatic rings. The van der Waals surface area contributed by atoms with Crippen LogP contribution in [0.15, 0.2) is 0 Å². The van der Waals surface area contributed by atoms with Gasteiger partial charge in [0.2, 0.25) is 0 Å². The molecule has 0 bridgehead atoms. The highest BCUT2D eigenvalue weighted by molar-refractivity contribution is 9.24. The summed E-state index contributed by atoms with van der Waals surface area (Å²) in [5.41, 5.74) is 0. The molecule has 5 heavy (non-hydrogen) atoms. The summed E-state index contributed by atoms with van der Waals surface area (Å²) < 4.78 is 0.472. The lowest BCUT2D eigenvalue weighted by Crippen LogP contribution is -1.76. The van der Waals surface area contributed by atoms with E-state index in [9.17, 15) is 0 Å². The average Bonchev–Trinajstić information content (AvgIpc) is 1.38. The van der Waals surface area contributed by atoms with E-state index in [1.807, 2.05) is 0 Å². The van der Waals surface area contributed by atoms with E-state index in [1.54, 1.807) is 0 Å². The third-order valence-electron chi connectivity index (χ3n) is 0.178.